The Kier molecular flexibility index (Phi) is 3.52. The molecule has 0 amide bonds. The summed E-state index contributed by atoms with van der Waals surface area (Å²) in [5, 5.41) is 1.17. The first-order chi connectivity index (χ1) is 8.08. The Morgan fingerprint density at radius 3 is 3.00 bits per heavy atom. The van der Waals surface area contributed by atoms with E-state index in [1.807, 2.05) is 25.3 Å². The maximum Gasteiger partial charge on any atom is 0.302 e. The number of hydrogen-bond donors (Lipinski definition) is 1. The molecule has 0 saturated carbocycles. The zero-order valence-electron chi connectivity index (χ0n) is 9.79. The molecule has 1 atom stereocenters. The highest BCUT2D eigenvalue weighted by molar-refractivity contribution is 9.10. The molecule has 4 heteroatoms. The molecule has 17 heavy (non-hydrogen) atoms. The fraction of sp³-hybridized carbons (Fsp3) is 0.308. The summed E-state index contributed by atoms with van der Waals surface area (Å²) in [4.78, 5) is 14.0. The number of rotatable bonds is 3. The topological polar surface area (TPSA) is 42.1 Å². The minimum absolute atomic E-state index is 0.182. The van der Waals surface area contributed by atoms with Crippen LogP contribution in [0.25, 0.3) is 10.9 Å². The number of esters is 1. The SMILES string of the molecule is CC(=O)OCC(C)c1c[nH]c2ccc(Br)cc12. The van der Waals surface area contributed by atoms with Crippen molar-refractivity contribution in [3.63, 3.8) is 0 Å². The average molecular weight is 296 g/mol. The van der Waals surface area contributed by atoms with Gasteiger partial charge in [-0.3, -0.25) is 4.79 Å². The van der Waals surface area contributed by atoms with E-state index in [0.717, 1.165) is 9.99 Å². The van der Waals surface area contributed by atoms with E-state index in [4.69, 9.17) is 4.74 Å². The van der Waals surface area contributed by atoms with Gasteiger partial charge in [0.05, 0.1) is 6.61 Å². The van der Waals surface area contributed by atoms with Gasteiger partial charge in [-0.2, -0.15) is 0 Å². The maximum absolute atomic E-state index is 10.8. The fourth-order valence-corrected chi connectivity index (χ4v) is 2.22. The number of aromatic nitrogens is 1. The van der Waals surface area contributed by atoms with Gasteiger partial charge in [0.2, 0.25) is 0 Å². The summed E-state index contributed by atoms with van der Waals surface area (Å²) >= 11 is 3.46. The number of carbonyl (C=O) groups excluding carboxylic acids is 1. The quantitative estimate of drug-likeness (QED) is 0.879. The molecule has 0 bridgehead atoms. The Morgan fingerprint density at radius 1 is 1.53 bits per heavy atom. The van der Waals surface area contributed by atoms with Gasteiger partial charge in [0.1, 0.15) is 0 Å². The smallest absolute Gasteiger partial charge is 0.302 e. The molecule has 0 spiro atoms. The van der Waals surface area contributed by atoms with E-state index in [0.29, 0.717) is 6.61 Å². The molecule has 1 aromatic heterocycles. The summed E-state index contributed by atoms with van der Waals surface area (Å²) in [5.74, 6) is -0.0557. The molecule has 0 radical (unpaired) electrons. The summed E-state index contributed by atoms with van der Waals surface area (Å²) in [6.07, 6.45) is 1.98. The zero-order valence-corrected chi connectivity index (χ0v) is 11.4. The van der Waals surface area contributed by atoms with E-state index >= 15 is 0 Å². The van der Waals surface area contributed by atoms with Gasteiger partial charge in [-0.15, -0.1) is 0 Å². The maximum atomic E-state index is 10.8. The standard InChI is InChI=1S/C13H14BrNO2/c1-8(7-17-9(2)16)12-6-15-13-4-3-10(14)5-11(12)13/h3-6,8,15H,7H2,1-2H3. The summed E-state index contributed by atoms with van der Waals surface area (Å²) in [5.41, 5.74) is 2.26. The molecule has 0 saturated heterocycles. The second-order valence-electron chi connectivity index (χ2n) is 4.14. The molecule has 2 rings (SSSR count). The second kappa shape index (κ2) is 4.92. The molecular weight excluding hydrogens is 282 g/mol. The van der Waals surface area contributed by atoms with Crippen molar-refractivity contribution in [1.82, 2.24) is 4.98 Å². The van der Waals surface area contributed by atoms with E-state index in [-0.39, 0.29) is 11.9 Å². The van der Waals surface area contributed by atoms with Crippen LogP contribution in [0.15, 0.2) is 28.9 Å². The molecule has 0 aliphatic heterocycles. The number of H-pyrrole nitrogens is 1. The Morgan fingerprint density at radius 2 is 2.29 bits per heavy atom. The van der Waals surface area contributed by atoms with E-state index in [1.165, 1.54) is 17.9 Å². The number of ether oxygens (including phenoxy) is 1. The van der Waals surface area contributed by atoms with Crippen LogP contribution in [0.3, 0.4) is 0 Å². The van der Waals surface area contributed by atoms with Gasteiger partial charge >= 0.3 is 5.97 Å². The van der Waals surface area contributed by atoms with Crippen LogP contribution >= 0.6 is 15.9 Å². The molecular formula is C13H14BrNO2. The summed E-state index contributed by atoms with van der Waals surface area (Å²) in [7, 11) is 0. The Bertz CT molecular complexity index is 547. The lowest BCUT2D eigenvalue weighted by molar-refractivity contribution is -0.141. The number of carbonyl (C=O) groups is 1. The highest BCUT2D eigenvalue weighted by Crippen LogP contribution is 2.28. The molecule has 2 aromatic rings. The molecule has 1 heterocycles. The molecule has 1 aromatic carbocycles. The first kappa shape index (κ1) is 12.2. The van der Waals surface area contributed by atoms with Crippen molar-refractivity contribution in [2.45, 2.75) is 19.8 Å². The number of aromatic amines is 1. The largest absolute Gasteiger partial charge is 0.465 e. The summed E-state index contributed by atoms with van der Waals surface area (Å²) in [6.45, 7) is 3.89. The first-order valence-corrected chi connectivity index (χ1v) is 6.27. The van der Waals surface area contributed by atoms with Gasteiger partial charge in [0, 0.05) is 34.4 Å². The third-order valence-electron chi connectivity index (χ3n) is 2.74. The fourth-order valence-electron chi connectivity index (χ4n) is 1.85. The molecule has 1 N–H and O–H groups in total. The van der Waals surface area contributed by atoms with Crippen LogP contribution in [0.5, 0.6) is 0 Å². The average Bonchev–Trinajstić information content (AvgIpc) is 2.68. The highest BCUT2D eigenvalue weighted by Gasteiger charge is 2.12. The monoisotopic (exact) mass is 295 g/mol. The number of fused-ring (bicyclic) bond motifs is 1. The lowest BCUT2D eigenvalue weighted by atomic mass is 10.0. The van der Waals surface area contributed by atoms with Gasteiger partial charge in [-0.05, 0) is 23.8 Å². The lowest BCUT2D eigenvalue weighted by Crippen LogP contribution is -2.07. The Labute approximate surface area is 108 Å². The van der Waals surface area contributed by atoms with E-state index in [2.05, 4.69) is 27.0 Å². The number of nitrogens with one attached hydrogen (secondary N) is 1. The molecule has 90 valence electrons. The van der Waals surface area contributed by atoms with Gasteiger partial charge in [0.25, 0.3) is 0 Å². The minimum Gasteiger partial charge on any atom is -0.465 e. The molecule has 3 nitrogen and oxygen atoms in total. The summed E-state index contributed by atoms with van der Waals surface area (Å²) in [6, 6.07) is 6.10. The van der Waals surface area contributed by atoms with E-state index < -0.39 is 0 Å². The normalized spacial score (nSPS) is 12.6. The van der Waals surface area contributed by atoms with Crippen molar-refractivity contribution in [3.8, 4) is 0 Å². The molecule has 0 aliphatic carbocycles. The zero-order chi connectivity index (χ0) is 12.4. The van der Waals surface area contributed by atoms with Crippen LogP contribution in [0.2, 0.25) is 0 Å². The van der Waals surface area contributed by atoms with Crippen molar-refractivity contribution in [2.75, 3.05) is 6.61 Å². The molecule has 0 fully saturated rings. The number of hydrogen-bond acceptors (Lipinski definition) is 2. The Hall–Kier alpha value is -1.29. The predicted octanol–water partition coefficient (Wildman–Crippen LogP) is 3.60. The number of halogens is 1. The van der Waals surface area contributed by atoms with Gasteiger partial charge < -0.3 is 9.72 Å². The van der Waals surface area contributed by atoms with Crippen molar-refractivity contribution < 1.29 is 9.53 Å². The lowest BCUT2D eigenvalue weighted by Gasteiger charge is -2.10. The van der Waals surface area contributed by atoms with Crippen molar-refractivity contribution in [2.24, 2.45) is 0 Å². The van der Waals surface area contributed by atoms with Crippen molar-refractivity contribution in [1.29, 1.82) is 0 Å². The van der Waals surface area contributed by atoms with Crippen LogP contribution < -0.4 is 0 Å². The highest BCUT2D eigenvalue weighted by atomic mass is 79.9. The third kappa shape index (κ3) is 2.69. The van der Waals surface area contributed by atoms with Crippen LogP contribution in [-0.4, -0.2) is 17.6 Å². The van der Waals surface area contributed by atoms with Crippen LogP contribution in [0, 0.1) is 0 Å². The summed E-state index contributed by atoms with van der Waals surface area (Å²) < 4.78 is 6.09. The molecule has 1 unspecified atom stereocenters. The first-order valence-electron chi connectivity index (χ1n) is 5.48. The Balaban J connectivity index is 2.28. The van der Waals surface area contributed by atoms with Gasteiger partial charge in [-0.1, -0.05) is 22.9 Å². The van der Waals surface area contributed by atoms with Crippen LogP contribution in [0.1, 0.15) is 25.3 Å². The number of benzene rings is 1. The van der Waals surface area contributed by atoms with E-state index in [1.54, 1.807) is 0 Å². The second-order valence-corrected chi connectivity index (χ2v) is 5.05. The molecule has 0 aliphatic rings. The third-order valence-corrected chi connectivity index (χ3v) is 3.24. The predicted molar refractivity (Wildman–Crippen MR) is 71.0 cm³/mol. The minimum atomic E-state index is -0.238. The van der Waals surface area contributed by atoms with Crippen LogP contribution in [-0.2, 0) is 9.53 Å². The van der Waals surface area contributed by atoms with Gasteiger partial charge in [0.15, 0.2) is 0 Å². The van der Waals surface area contributed by atoms with Crippen LogP contribution in [0.4, 0.5) is 0 Å². The van der Waals surface area contributed by atoms with Crippen molar-refractivity contribution in [3.05, 3.63) is 34.4 Å². The van der Waals surface area contributed by atoms with E-state index in [9.17, 15) is 4.79 Å². The van der Waals surface area contributed by atoms with Crippen molar-refractivity contribution >= 4 is 32.8 Å². The van der Waals surface area contributed by atoms with Gasteiger partial charge in [-0.25, -0.2) is 0 Å².